The standard InChI is InChI=1S/C17H24N2O3/c1-3-13(4-2)18-16(20)12-22-15-9-7-14(8-10-15)19-11-5-6-17(19)21/h7-10,13H,3-6,11-12H2,1-2H3,(H,18,20). The summed E-state index contributed by atoms with van der Waals surface area (Å²) < 4.78 is 5.49. The molecule has 22 heavy (non-hydrogen) atoms. The summed E-state index contributed by atoms with van der Waals surface area (Å²) in [5.41, 5.74) is 0.885. The van der Waals surface area contributed by atoms with Gasteiger partial charge in [0.25, 0.3) is 5.91 Å². The van der Waals surface area contributed by atoms with E-state index in [0.717, 1.165) is 31.5 Å². The molecule has 1 fully saturated rings. The van der Waals surface area contributed by atoms with Crippen LogP contribution in [0.15, 0.2) is 24.3 Å². The highest BCUT2D eigenvalue weighted by Gasteiger charge is 2.21. The zero-order valence-corrected chi connectivity index (χ0v) is 13.3. The number of amides is 2. The van der Waals surface area contributed by atoms with Gasteiger partial charge in [-0.15, -0.1) is 0 Å². The molecule has 0 saturated carbocycles. The molecule has 0 radical (unpaired) electrons. The minimum atomic E-state index is -0.104. The van der Waals surface area contributed by atoms with Crippen molar-refractivity contribution in [2.45, 2.75) is 45.6 Å². The Hall–Kier alpha value is -2.04. The first-order valence-corrected chi connectivity index (χ1v) is 7.96. The minimum Gasteiger partial charge on any atom is -0.484 e. The van der Waals surface area contributed by atoms with E-state index in [0.29, 0.717) is 12.2 Å². The first kappa shape index (κ1) is 16.3. The Kier molecular flexibility index (Phi) is 5.81. The van der Waals surface area contributed by atoms with Gasteiger partial charge in [0, 0.05) is 24.7 Å². The van der Waals surface area contributed by atoms with Crippen molar-refractivity contribution < 1.29 is 14.3 Å². The molecule has 1 N–H and O–H groups in total. The van der Waals surface area contributed by atoms with Gasteiger partial charge >= 0.3 is 0 Å². The highest BCUT2D eigenvalue weighted by atomic mass is 16.5. The van der Waals surface area contributed by atoms with E-state index >= 15 is 0 Å². The van der Waals surface area contributed by atoms with Crippen LogP contribution in [0.25, 0.3) is 0 Å². The third-order valence-electron chi connectivity index (χ3n) is 3.94. The lowest BCUT2D eigenvalue weighted by Crippen LogP contribution is -2.37. The smallest absolute Gasteiger partial charge is 0.258 e. The number of rotatable bonds is 7. The molecule has 0 spiro atoms. The van der Waals surface area contributed by atoms with Crippen LogP contribution < -0.4 is 15.0 Å². The molecule has 0 unspecified atom stereocenters. The first-order valence-electron chi connectivity index (χ1n) is 7.96. The van der Waals surface area contributed by atoms with Crippen molar-refractivity contribution >= 4 is 17.5 Å². The molecule has 0 atom stereocenters. The quantitative estimate of drug-likeness (QED) is 0.842. The average molecular weight is 304 g/mol. The number of nitrogens with zero attached hydrogens (tertiary/aromatic N) is 1. The fraction of sp³-hybridized carbons (Fsp3) is 0.529. The number of nitrogens with one attached hydrogen (secondary N) is 1. The Balaban J connectivity index is 1.84. The third kappa shape index (κ3) is 4.23. The first-order chi connectivity index (χ1) is 10.6. The van der Waals surface area contributed by atoms with Gasteiger partial charge < -0.3 is 15.0 Å². The SMILES string of the molecule is CCC(CC)NC(=O)COc1ccc(N2CCCC2=O)cc1. The second-order valence-corrected chi connectivity index (χ2v) is 5.51. The highest BCUT2D eigenvalue weighted by Crippen LogP contribution is 2.23. The van der Waals surface area contributed by atoms with Crippen molar-refractivity contribution in [2.75, 3.05) is 18.1 Å². The van der Waals surface area contributed by atoms with Gasteiger partial charge in [0.1, 0.15) is 5.75 Å². The Morgan fingerprint density at radius 2 is 1.95 bits per heavy atom. The molecule has 2 rings (SSSR count). The van der Waals surface area contributed by atoms with Crippen LogP contribution in [0.5, 0.6) is 5.75 Å². The summed E-state index contributed by atoms with van der Waals surface area (Å²) in [4.78, 5) is 25.2. The molecular weight excluding hydrogens is 280 g/mol. The van der Waals surface area contributed by atoms with E-state index in [1.807, 2.05) is 26.0 Å². The molecule has 1 aromatic carbocycles. The number of carbonyl (C=O) groups is 2. The Bertz CT molecular complexity index is 509. The van der Waals surface area contributed by atoms with Crippen LogP contribution >= 0.6 is 0 Å². The van der Waals surface area contributed by atoms with E-state index < -0.39 is 0 Å². The van der Waals surface area contributed by atoms with Gasteiger partial charge in [0.2, 0.25) is 5.91 Å². The maximum absolute atomic E-state index is 11.8. The van der Waals surface area contributed by atoms with Gasteiger partial charge in [-0.2, -0.15) is 0 Å². The molecule has 1 heterocycles. The van der Waals surface area contributed by atoms with Gasteiger partial charge in [-0.05, 0) is 43.5 Å². The maximum Gasteiger partial charge on any atom is 0.258 e. The fourth-order valence-corrected chi connectivity index (χ4v) is 2.55. The third-order valence-corrected chi connectivity index (χ3v) is 3.94. The number of ether oxygens (including phenoxy) is 1. The molecule has 1 saturated heterocycles. The monoisotopic (exact) mass is 304 g/mol. The molecule has 1 aliphatic rings. The second kappa shape index (κ2) is 7.82. The summed E-state index contributed by atoms with van der Waals surface area (Å²) >= 11 is 0. The maximum atomic E-state index is 11.8. The van der Waals surface area contributed by atoms with Gasteiger partial charge in [-0.25, -0.2) is 0 Å². The summed E-state index contributed by atoms with van der Waals surface area (Å²) in [7, 11) is 0. The van der Waals surface area contributed by atoms with E-state index in [4.69, 9.17) is 4.74 Å². The Morgan fingerprint density at radius 3 is 2.50 bits per heavy atom. The van der Waals surface area contributed by atoms with Crippen molar-refractivity contribution in [3.63, 3.8) is 0 Å². The molecule has 0 aliphatic carbocycles. The molecule has 2 amide bonds. The highest BCUT2D eigenvalue weighted by molar-refractivity contribution is 5.95. The number of hydrogen-bond acceptors (Lipinski definition) is 3. The molecule has 5 heteroatoms. The van der Waals surface area contributed by atoms with Gasteiger partial charge in [0.15, 0.2) is 6.61 Å². The normalized spacial score (nSPS) is 14.5. The predicted molar refractivity (Wildman–Crippen MR) is 86.0 cm³/mol. The fourth-order valence-electron chi connectivity index (χ4n) is 2.55. The number of carbonyl (C=O) groups excluding carboxylic acids is 2. The lowest BCUT2D eigenvalue weighted by atomic mass is 10.2. The number of benzene rings is 1. The van der Waals surface area contributed by atoms with Crippen molar-refractivity contribution in [2.24, 2.45) is 0 Å². The molecule has 0 aromatic heterocycles. The summed E-state index contributed by atoms with van der Waals surface area (Å²) in [5, 5.41) is 2.93. The summed E-state index contributed by atoms with van der Waals surface area (Å²) in [5.74, 6) is 0.695. The largest absolute Gasteiger partial charge is 0.484 e. The number of anilines is 1. The van der Waals surface area contributed by atoms with Crippen molar-refractivity contribution in [3.05, 3.63) is 24.3 Å². The van der Waals surface area contributed by atoms with Crippen LogP contribution in [0.1, 0.15) is 39.5 Å². The minimum absolute atomic E-state index is 0.0124. The van der Waals surface area contributed by atoms with E-state index in [-0.39, 0.29) is 24.5 Å². The average Bonchev–Trinajstić information content (AvgIpc) is 2.97. The topological polar surface area (TPSA) is 58.6 Å². The van der Waals surface area contributed by atoms with Crippen LogP contribution in [-0.4, -0.2) is 31.0 Å². The van der Waals surface area contributed by atoms with Gasteiger partial charge in [0.05, 0.1) is 0 Å². The van der Waals surface area contributed by atoms with Crippen molar-refractivity contribution in [3.8, 4) is 5.75 Å². The van der Waals surface area contributed by atoms with Crippen LogP contribution in [0.4, 0.5) is 5.69 Å². The van der Waals surface area contributed by atoms with Crippen molar-refractivity contribution in [1.82, 2.24) is 5.32 Å². The lowest BCUT2D eigenvalue weighted by Gasteiger charge is -2.17. The number of hydrogen-bond donors (Lipinski definition) is 1. The van der Waals surface area contributed by atoms with E-state index in [9.17, 15) is 9.59 Å². The summed E-state index contributed by atoms with van der Waals surface area (Å²) in [6.07, 6.45) is 3.36. The summed E-state index contributed by atoms with van der Waals surface area (Å²) in [6.45, 7) is 4.89. The van der Waals surface area contributed by atoms with Crippen LogP contribution in [0, 0.1) is 0 Å². The van der Waals surface area contributed by atoms with Crippen molar-refractivity contribution in [1.29, 1.82) is 0 Å². The predicted octanol–water partition coefficient (Wildman–Crippen LogP) is 2.50. The molecule has 120 valence electrons. The Morgan fingerprint density at radius 1 is 1.27 bits per heavy atom. The zero-order chi connectivity index (χ0) is 15.9. The van der Waals surface area contributed by atoms with E-state index in [1.165, 1.54) is 0 Å². The van der Waals surface area contributed by atoms with E-state index in [2.05, 4.69) is 5.32 Å². The second-order valence-electron chi connectivity index (χ2n) is 5.51. The zero-order valence-electron chi connectivity index (χ0n) is 13.3. The molecule has 0 bridgehead atoms. The summed E-state index contributed by atoms with van der Waals surface area (Å²) in [6, 6.07) is 7.52. The molecule has 1 aromatic rings. The van der Waals surface area contributed by atoms with Crippen LogP contribution in [0.2, 0.25) is 0 Å². The van der Waals surface area contributed by atoms with Gasteiger partial charge in [-0.3, -0.25) is 9.59 Å². The lowest BCUT2D eigenvalue weighted by molar-refractivity contribution is -0.123. The van der Waals surface area contributed by atoms with Crippen LogP contribution in [0.3, 0.4) is 0 Å². The molecular formula is C17H24N2O3. The Labute approximate surface area is 131 Å². The molecule has 1 aliphatic heterocycles. The van der Waals surface area contributed by atoms with Gasteiger partial charge in [-0.1, -0.05) is 13.8 Å². The van der Waals surface area contributed by atoms with E-state index in [1.54, 1.807) is 17.0 Å². The van der Waals surface area contributed by atoms with Crippen LogP contribution in [-0.2, 0) is 9.59 Å². The molecule has 5 nitrogen and oxygen atoms in total.